The summed E-state index contributed by atoms with van der Waals surface area (Å²) in [7, 11) is 0. The minimum atomic E-state index is -4.29. The molecule has 0 radical (unpaired) electrons. The van der Waals surface area contributed by atoms with Gasteiger partial charge in [0.15, 0.2) is 0 Å². The Labute approximate surface area is 126 Å². The normalized spacial score (nSPS) is 14.3. The summed E-state index contributed by atoms with van der Waals surface area (Å²) in [6.07, 6.45) is -6.16. The molecule has 0 bridgehead atoms. The second kappa shape index (κ2) is 7.19. The van der Waals surface area contributed by atoms with E-state index in [2.05, 4.69) is 50.5 Å². The largest absolute Gasteiger partial charge is 0.442 e. The molecule has 0 spiro atoms. The second-order valence-corrected chi connectivity index (χ2v) is 5.50. The van der Waals surface area contributed by atoms with Crippen LogP contribution in [0, 0.1) is 0 Å². The van der Waals surface area contributed by atoms with E-state index >= 15 is 0 Å². The van der Waals surface area contributed by atoms with Crippen LogP contribution in [0.1, 0.15) is 20.3 Å². The maximum atomic E-state index is 12.0. The van der Waals surface area contributed by atoms with Crippen LogP contribution in [-0.4, -0.2) is 32.8 Å². The molecule has 0 fully saturated rings. The van der Waals surface area contributed by atoms with Crippen molar-refractivity contribution in [3.05, 3.63) is 0 Å². The van der Waals surface area contributed by atoms with E-state index in [0.717, 1.165) is 0 Å². The first-order valence-corrected chi connectivity index (χ1v) is 7.85. The fourth-order valence-corrected chi connectivity index (χ4v) is 2.83. The number of amides is 1. The third-order valence-electron chi connectivity index (χ3n) is 1.81. The average Bonchev–Trinajstić information content (AvgIpc) is 2.14. The van der Waals surface area contributed by atoms with Crippen molar-refractivity contribution in [1.29, 1.82) is 0 Å². The van der Waals surface area contributed by atoms with Crippen LogP contribution in [-0.2, 0) is 4.74 Å². The molecule has 0 aliphatic heterocycles. The summed E-state index contributed by atoms with van der Waals surface area (Å²) < 4.78 is 42.3. The van der Waals surface area contributed by atoms with Crippen molar-refractivity contribution in [3.8, 4) is 0 Å². The number of hydrogen-bond acceptors (Lipinski definition) is 2. The van der Waals surface area contributed by atoms with Gasteiger partial charge in [0.25, 0.3) is 0 Å². The highest BCUT2D eigenvalue weighted by atomic mass is 127. The molecule has 17 heavy (non-hydrogen) atoms. The Balaban J connectivity index is 4.18. The lowest BCUT2D eigenvalue weighted by atomic mass is 10.2. The molecule has 1 amide bonds. The molecule has 1 N–H and O–H groups in total. The Kier molecular flexibility index (Phi) is 7.41. The Morgan fingerprint density at radius 3 is 2.18 bits per heavy atom. The maximum absolute atomic E-state index is 12.0. The minimum Gasteiger partial charge on any atom is -0.442 e. The third kappa shape index (κ3) is 8.27. The van der Waals surface area contributed by atoms with Crippen LogP contribution >= 0.6 is 45.2 Å². The molecule has 0 aromatic heterocycles. The molecule has 0 saturated carbocycles. The predicted molar refractivity (Wildman–Crippen MR) is 75.9 cm³/mol. The van der Waals surface area contributed by atoms with E-state index in [-0.39, 0.29) is 0 Å². The topological polar surface area (TPSA) is 38.3 Å². The smallest absolute Gasteiger partial charge is 0.407 e. The Morgan fingerprint density at radius 1 is 1.35 bits per heavy atom. The van der Waals surface area contributed by atoms with Gasteiger partial charge in [-0.3, -0.25) is 0 Å². The molecule has 0 aromatic rings. The first kappa shape index (κ1) is 17.5. The number of carbonyl (C=O) groups excluding carboxylic acids is 1. The third-order valence-corrected chi connectivity index (χ3v) is 5.03. The Morgan fingerprint density at radius 2 is 1.82 bits per heavy atom. The molecule has 1 unspecified atom stereocenters. The van der Waals surface area contributed by atoms with Crippen LogP contribution in [0.15, 0.2) is 0 Å². The van der Waals surface area contributed by atoms with E-state index in [0.29, 0.717) is 8.86 Å². The highest BCUT2D eigenvalue weighted by Crippen LogP contribution is 2.22. The molecule has 0 aliphatic rings. The molecular weight excluding hydrogens is 465 g/mol. The number of halogens is 5. The van der Waals surface area contributed by atoms with Crippen molar-refractivity contribution in [2.75, 3.05) is 8.86 Å². The molecule has 0 saturated heterocycles. The van der Waals surface area contributed by atoms with Gasteiger partial charge in [0.05, 0.1) is 6.42 Å². The van der Waals surface area contributed by atoms with Crippen LogP contribution in [0.3, 0.4) is 0 Å². The Bertz CT molecular complexity index is 257. The molecular formula is C9H14F3I2NO2. The summed E-state index contributed by atoms with van der Waals surface area (Å²) in [5.41, 5.74) is -0.650. The van der Waals surface area contributed by atoms with Gasteiger partial charge >= 0.3 is 12.3 Å². The molecule has 8 heteroatoms. The number of nitrogens with one attached hydrogen (secondary N) is 1. The van der Waals surface area contributed by atoms with Crippen LogP contribution in [0.4, 0.5) is 18.0 Å². The summed E-state index contributed by atoms with van der Waals surface area (Å²) >= 11 is 4.13. The standard InChI is InChI=1S/C9H14F3I2NO2/c1-6(3-9(10,11)12)15-7(16)17-8(2,4-13)5-14/h6H,3-5H2,1-2H3,(H,15,16). The van der Waals surface area contributed by atoms with Crippen LogP contribution < -0.4 is 5.32 Å². The highest BCUT2D eigenvalue weighted by molar-refractivity contribution is 14.1. The predicted octanol–water partition coefficient (Wildman–Crippen LogP) is 3.68. The monoisotopic (exact) mass is 479 g/mol. The number of alkyl carbamates (subject to hydrolysis) is 1. The van der Waals surface area contributed by atoms with Crippen molar-refractivity contribution in [3.63, 3.8) is 0 Å². The SMILES string of the molecule is CC(CC(F)(F)F)NC(=O)OC(C)(CI)CI. The van der Waals surface area contributed by atoms with E-state index in [9.17, 15) is 18.0 Å². The second-order valence-electron chi connectivity index (χ2n) is 3.97. The van der Waals surface area contributed by atoms with Gasteiger partial charge in [0, 0.05) is 14.9 Å². The van der Waals surface area contributed by atoms with Gasteiger partial charge in [-0.2, -0.15) is 13.2 Å². The quantitative estimate of drug-likeness (QED) is 0.483. The van der Waals surface area contributed by atoms with E-state index in [1.807, 2.05) is 0 Å². The molecule has 3 nitrogen and oxygen atoms in total. The lowest BCUT2D eigenvalue weighted by molar-refractivity contribution is -0.138. The van der Waals surface area contributed by atoms with Crippen LogP contribution in [0.25, 0.3) is 0 Å². The van der Waals surface area contributed by atoms with Crippen LogP contribution in [0.2, 0.25) is 0 Å². The minimum absolute atomic E-state index is 0.578. The van der Waals surface area contributed by atoms with Crippen LogP contribution in [0.5, 0.6) is 0 Å². The van der Waals surface area contributed by atoms with Gasteiger partial charge in [-0.1, -0.05) is 45.2 Å². The summed E-state index contributed by atoms with van der Waals surface area (Å²) in [6, 6.07) is -0.991. The summed E-state index contributed by atoms with van der Waals surface area (Å²) in [5.74, 6) is 0. The molecule has 0 aliphatic carbocycles. The lowest BCUT2D eigenvalue weighted by Crippen LogP contribution is -2.43. The number of rotatable bonds is 5. The molecule has 102 valence electrons. The van der Waals surface area contributed by atoms with Gasteiger partial charge in [0.1, 0.15) is 5.60 Å². The highest BCUT2D eigenvalue weighted by Gasteiger charge is 2.32. The van der Waals surface area contributed by atoms with E-state index in [1.165, 1.54) is 6.92 Å². The van der Waals surface area contributed by atoms with Crippen molar-refractivity contribution in [2.45, 2.75) is 38.1 Å². The zero-order valence-corrected chi connectivity index (χ0v) is 13.7. The van der Waals surface area contributed by atoms with E-state index < -0.39 is 30.3 Å². The fourth-order valence-electron chi connectivity index (χ4n) is 0.943. The van der Waals surface area contributed by atoms with Gasteiger partial charge in [-0.25, -0.2) is 4.79 Å². The van der Waals surface area contributed by atoms with Crippen molar-refractivity contribution in [2.24, 2.45) is 0 Å². The average molecular weight is 479 g/mol. The van der Waals surface area contributed by atoms with E-state index in [4.69, 9.17) is 4.74 Å². The molecule has 0 aromatic carbocycles. The zero-order chi connectivity index (χ0) is 13.7. The fraction of sp³-hybridized carbons (Fsp3) is 0.889. The zero-order valence-electron chi connectivity index (χ0n) is 9.40. The van der Waals surface area contributed by atoms with Gasteiger partial charge < -0.3 is 10.1 Å². The van der Waals surface area contributed by atoms with E-state index in [1.54, 1.807) is 6.92 Å². The summed E-state index contributed by atoms with van der Waals surface area (Å²) in [4.78, 5) is 11.4. The summed E-state index contributed by atoms with van der Waals surface area (Å²) in [5, 5.41) is 2.17. The maximum Gasteiger partial charge on any atom is 0.407 e. The first-order chi connectivity index (χ1) is 7.62. The number of ether oxygens (including phenoxy) is 1. The van der Waals surface area contributed by atoms with Crippen molar-refractivity contribution >= 4 is 51.3 Å². The van der Waals surface area contributed by atoms with Gasteiger partial charge in [0.2, 0.25) is 0 Å². The molecule has 0 heterocycles. The lowest BCUT2D eigenvalue weighted by Gasteiger charge is -2.26. The van der Waals surface area contributed by atoms with Gasteiger partial charge in [-0.05, 0) is 13.8 Å². The van der Waals surface area contributed by atoms with Gasteiger partial charge in [-0.15, -0.1) is 0 Å². The van der Waals surface area contributed by atoms with Crippen molar-refractivity contribution < 1.29 is 22.7 Å². The molecule has 0 rings (SSSR count). The Hall–Kier alpha value is 0.520. The number of hydrogen-bond donors (Lipinski definition) is 1. The summed E-state index contributed by atoms with van der Waals surface area (Å²) in [6.45, 7) is 3.03. The number of alkyl halides is 5. The van der Waals surface area contributed by atoms with Crippen molar-refractivity contribution in [1.82, 2.24) is 5.32 Å². The molecule has 1 atom stereocenters. The first-order valence-electron chi connectivity index (χ1n) is 4.80. The number of carbonyl (C=O) groups is 1.